The molecule has 4 N–H and O–H groups in total. The number of anilines is 1. The number of hydrogen-bond donors (Lipinski definition) is 3. The molecule has 0 unspecified atom stereocenters. The Hall–Kier alpha value is -3.41. The first kappa shape index (κ1) is 22.3. The first-order chi connectivity index (χ1) is 14.4. The minimum absolute atomic E-state index is 0.120. The van der Waals surface area contributed by atoms with E-state index in [-0.39, 0.29) is 17.2 Å². The summed E-state index contributed by atoms with van der Waals surface area (Å²) in [6.45, 7) is 1.11. The van der Waals surface area contributed by atoms with Gasteiger partial charge in [0.2, 0.25) is 5.91 Å². The summed E-state index contributed by atoms with van der Waals surface area (Å²) in [5, 5.41) is 5.37. The van der Waals surface area contributed by atoms with Gasteiger partial charge in [-0.1, -0.05) is 11.6 Å². The van der Waals surface area contributed by atoms with Gasteiger partial charge in [0.1, 0.15) is 29.1 Å². The molecule has 0 aliphatic carbocycles. The zero-order valence-corrected chi connectivity index (χ0v) is 16.9. The average Bonchev–Trinajstić information content (AvgIpc) is 3.07. The summed E-state index contributed by atoms with van der Waals surface area (Å²) >= 11 is 5.99. The Balaban J connectivity index is 1.98. The van der Waals surface area contributed by atoms with Gasteiger partial charge in [-0.3, -0.25) is 15.3 Å². The van der Waals surface area contributed by atoms with Gasteiger partial charge in [0.05, 0.1) is 5.02 Å². The van der Waals surface area contributed by atoms with Crippen molar-refractivity contribution in [3.8, 4) is 11.4 Å². The molecule has 0 aromatic carbocycles. The third-order valence-electron chi connectivity index (χ3n) is 4.22. The minimum Gasteiger partial charge on any atom is -0.356 e. The van der Waals surface area contributed by atoms with E-state index in [1.54, 1.807) is 17.6 Å². The van der Waals surface area contributed by atoms with Gasteiger partial charge in [0.15, 0.2) is 5.82 Å². The number of fused-ring (bicyclic) bond motifs is 1. The third kappa shape index (κ3) is 5.02. The van der Waals surface area contributed by atoms with Crippen LogP contribution in [0, 0.1) is 0 Å². The quantitative estimate of drug-likeness (QED) is 0.523. The molecular formula is C18H16ClF3N7O2. The lowest BCUT2D eigenvalue weighted by molar-refractivity contribution is -0.140. The zero-order valence-electron chi connectivity index (χ0n) is 16.2. The average molecular weight is 455 g/mol. The highest BCUT2D eigenvalue weighted by Gasteiger charge is 2.34. The Morgan fingerprint density at radius 3 is 2.58 bits per heavy atom. The maximum absolute atomic E-state index is 12.4. The molecule has 0 saturated heterocycles. The van der Waals surface area contributed by atoms with E-state index in [9.17, 15) is 22.8 Å². The fourth-order valence-electron chi connectivity index (χ4n) is 2.69. The molecule has 0 aliphatic heterocycles. The molecule has 9 nitrogen and oxygen atoms in total. The van der Waals surface area contributed by atoms with Crippen LogP contribution in [0.1, 0.15) is 24.2 Å². The van der Waals surface area contributed by atoms with Crippen molar-refractivity contribution in [2.24, 2.45) is 0 Å². The summed E-state index contributed by atoms with van der Waals surface area (Å²) in [6.07, 6.45) is -0.473. The first-order valence-corrected chi connectivity index (χ1v) is 9.14. The molecule has 13 heteroatoms. The molecule has 3 heterocycles. The Morgan fingerprint density at radius 2 is 1.94 bits per heavy atom. The number of amides is 2. The largest absolute Gasteiger partial charge is 0.405 e. The van der Waals surface area contributed by atoms with Crippen LogP contribution in [-0.2, 0) is 4.79 Å². The van der Waals surface area contributed by atoms with E-state index in [4.69, 9.17) is 17.3 Å². The van der Waals surface area contributed by atoms with Gasteiger partial charge in [-0.2, -0.15) is 13.2 Å². The topological polar surface area (TPSA) is 136 Å². The lowest BCUT2D eigenvalue weighted by Crippen LogP contribution is -2.50. The molecule has 0 fully saturated rings. The maximum atomic E-state index is 12.4. The van der Waals surface area contributed by atoms with Crippen molar-refractivity contribution in [1.82, 2.24) is 31.0 Å². The van der Waals surface area contributed by atoms with Crippen LogP contribution in [0.15, 0.2) is 24.7 Å². The number of aromatic nitrogens is 4. The summed E-state index contributed by atoms with van der Waals surface area (Å²) in [4.78, 5) is 39.3. The van der Waals surface area contributed by atoms with E-state index in [0.717, 1.165) is 6.20 Å². The highest BCUT2D eigenvalue weighted by atomic mass is 35.5. The molecule has 31 heavy (non-hydrogen) atoms. The monoisotopic (exact) mass is 454 g/mol. The van der Waals surface area contributed by atoms with Crippen molar-refractivity contribution in [3.05, 3.63) is 35.2 Å². The highest BCUT2D eigenvalue weighted by Crippen LogP contribution is 2.29. The molecule has 0 saturated carbocycles. The first-order valence-electron chi connectivity index (χ1n) is 8.76. The summed E-state index contributed by atoms with van der Waals surface area (Å²) in [5.41, 5.74) is 6.54. The van der Waals surface area contributed by atoms with Crippen molar-refractivity contribution < 1.29 is 22.8 Å². The van der Waals surface area contributed by atoms with Gasteiger partial charge in [-0.25, -0.2) is 15.0 Å². The van der Waals surface area contributed by atoms with Crippen molar-refractivity contribution in [1.29, 1.82) is 0 Å². The second-order valence-corrected chi connectivity index (χ2v) is 7.52. The van der Waals surface area contributed by atoms with E-state index in [0.29, 0.717) is 21.6 Å². The second kappa shape index (κ2) is 8.02. The van der Waals surface area contributed by atoms with Gasteiger partial charge >= 0.3 is 6.18 Å². The van der Waals surface area contributed by atoms with Crippen molar-refractivity contribution in [3.63, 3.8) is 0 Å². The molecule has 163 valence electrons. The predicted molar refractivity (Wildman–Crippen MR) is 106 cm³/mol. The molecule has 0 atom stereocenters. The van der Waals surface area contributed by atoms with Crippen LogP contribution in [0.25, 0.3) is 22.4 Å². The van der Waals surface area contributed by atoms with Crippen LogP contribution in [0.3, 0.4) is 0 Å². The molecule has 0 spiro atoms. The number of halogens is 4. The number of H-pyrrole nitrogens is 1. The van der Waals surface area contributed by atoms with E-state index < -0.39 is 30.1 Å². The summed E-state index contributed by atoms with van der Waals surface area (Å²) < 4.78 is 37.3. The van der Waals surface area contributed by atoms with E-state index >= 15 is 0 Å². The SMILES string of the molecule is CC(C)(Nc1nc(-c2c[nH]c3ncc(Cl)cc23)ncc1C([NH])=O)C(=O)NCC(F)(F)F. The lowest BCUT2D eigenvalue weighted by Gasteiger charge is -2.26. The summed E-state index contributed by atoms with van der Waals surface area (Å²) in [5.74, 6) is -2.17. The van der Waals surface area contributed by atoms with Crippen LogP contribution in [-0.4, -0.2) is 50.0 Å². The standard InChI is InChI=1S/C18H16ClF3N7O2/c1-17(2,16(31)27-7-18(20,21)22)29-15-11(12(23)30)6-26-14(28-15)10-5-25-13-9(10)3-8(19)4-24-13/h3-6,23H,7H2,1-2H3,(H,24,25)(H,27,31)(H,26,28,29). The fourth-order valence-corrected chi connectivity index (χ4v) is 2.85. The van der Waals surface area contributed by atoms with Crippen LogP contribution >= 0.6 is 11.6 Å². The third-order valence-corrected chi connectivity index (χ3v) is 4.43. The van der Waals surface area contributed by atoms with Crippen molar-refractivity contribution in [2.75, 3.05) is 11.9 Å². The number of rotatable bonds is 6. The lowest BCUT2D eigenvalue weighted by atomic mass is 10.0. The van der Waals surface area contributed by atoms with Gasteiger partial charge in [0, 0.05) is 29.5 Å². The highest BCUT2D eigenvalue weighted by molar-refractivity contribution is 6.31. The molecular weight excluding hydrogens is 439 g/mol. The molecule has 3 aromatic heterocycles. The molecule has 0 bridgehead atoms. The Kier molecular flexibility index (Phi) is 5.77. The molecule has 2 amide bonds. The number of aromatic amines is 1. The normalized spacial score (nSPS) is 12.1. The summed E-state index contributed by atoms with van der Waals surface area (Å²) in [7, 11) is 0. The number of nitrogens with zero attached hydrogens (tertiary/aromatic N) is 3. The number of alkyl halides is 3. The molecule has 3 rings (SSSR count). The minimum atomic E-state index is -4.58. The van der Waals surface area contributed by atoms with Gasteiger partial charge in [-0.15, -0.1) is 0 Å². The number of carbonyl (C=O) groups excluding carboxylic acids is 2. The van der Waals surface area contributed by atoms with Crippen LogP contribution in [0.4, 0.5) is 19.0 Å². The fraction of sp³-hybridized carbons (Fsp3) is 0.278. The number of nitrogens with one attached hydrogen (secondary N) is 4. The molecule has 3 aromatic rings. The summed E-state index contributed by atoms with van der Waals surface area (Å²) in [6, 6.07) is 1.63. The van der Waals surface area contributed by atoms with Crippen molar-refractivity contribution in [2.45, 2.75) is 25.6 Å². The van der Waals surface area contributed by atoms with Crippen LogP contribution in [0.2, 0.25) is 5.02 Å². The Bertz CT molecular complexity index is 1160. The smallest absolute Gasteiger partial charge is 0.356 e. The van der Waals surface area contributed by atoms with Gasteiger partial charge in [-0.05, 0) is 19.9 Å². The second-order valence-electron chi connectivity index (χ2n) is 7.08. The van der Waals surface area contributed by atoms with Crippen LogP contribution in [0.5, 0.6) is 0 Å². The van der Waals surface area contributed by atoms with Gasteiger partial charge in [0.25, 0.3) is 5.91 Å². The number of pyridine rings is 1. The number of carbonyl (C=O) groups is 2. The van der Waals surface area contributed by atoms with E-state index in [2.05, 4.69) is 25.3 Å². The zero-order chi connectivity index (χ0) is 23.0. The maximum Gasteiger partial charge on any atom is 0.405 e. The number of hydrogen-bond acceptors (Lipinski definition) is 6. The Morgan fingerprint density at radius 1 is 1.23 bits per heavy atom. The van der Waals surface area contributed by atoms with Gasteiger partial charge < -0.3 is 15.6 Å². The van der Waals surface area contributed by atoms with E-state index in [1.807, 2.05) is 0 Å². The van der Waals surface area contributed by atoms with Crippen molar-refractivity contribution >= 4 is 40.3 Å². The predicted octanol–water partition coefficient (Wildman–Crippen LogP) is 2.97. The van der Waals surface area contributed by atoms with E-state index in [1.165, 1.54) is 20.0 Å². The Labute approximate surface area is 178 Å². The molecule has 0 aliphatic rings. The molecule has 1 radical (unpaired) electrons. The van der Waals surface area contributed by atoms with Crippen LogP contribution < -0.4 is 16.4 Å².